The molecule has 3 unspecified atom stereocenters. The van der Waals surface area contributed by atoms with Crippen LogP contribution in [0.3, 0.4) is 0 Å². The molecular weight excluding hydrogens is 880 g/mol. The molecule has 4 aromatic rings. The summed E-state index contributed by atoms with van der Waals surface area (Å²) in [4.78, 5) is 81.5. The van der Waals surface area contributed by atoms with Gasteiger partial charge in [-0.15, -0.1) is 0 Å². The molecule has 3 aromatic carbocycles. The number of primary amides is 2. The maximum absolute atomic E-state index is 14.5. The van der Waals surface area contributed by atoms with Crippen molar-refractivity contribution in [2.24, 2.45) is 29.0 Å². The zero-order valence-corrected chi connectivity index (χ0v) is 38.7. The molecule has 0 aliphatic carbocycles. The molecule has 6 amide bonds. The lowest BCUT2D eigenvalue weighted by atomic mass is 9.83. The number of nitrogens with two attached hydrogens (primary N) is 3. The Morgan fingerprint density at radius 3 is 2.16 bits per heavy atom. The first-order valence-electron chi connectivity index (χ1n) is 23.0. The second kappa shape index (κ2) is 26.8. The number of nitrogens with one attached hydrogen (secondary N) is 2. The molecule has 1 aromatic heterocycles. The number of carbonyl (C=O) groups excluding carboxylic acids is 6. The number of halogens is 1. The smallest absolute Gasteiger partial charge is 0.265 e. The summed E-state index contributed by atoms with van der Waals surface area (Å²) in [6, 6.07) is 14.3. The Morgan fingerprint density at radius 1 is 0.824 bits per heavy atom. The van der Waals surface area contributed by atoms with Crippen molar-refractivity contribution >= 4 is 58.5 Å². The van der Waals surface area contributed by atoms with E-state index in [1.807, 2.05) is 36.6 Å². The predicted octanol–water partition coefficient (Wildman–Crippen LogP) is 4.44. The van der Waals surface area contributed by atoms with Crippen LogP contribution in [0.1, 0.15) is 99.4 Å². The summed E-state index contributed by atoms with van der Waals surface area (Å²) in [7, 11) is 0. The summed E-state index contributed by atoms with van der Waals surface area (Å²) in [5.74, 6) is -4.45. The number of carbonyl (C=O) groups is 6. The number of amides is 6. The quantitative estimate of drug-likeness (QED) is 0.0267. The molecule has 1 aliphatic heterocycles. The van der Waals surface area contributed by atoms with Gasteiger partial charge in [0.05, 0.1) is 48.6 Å². The van der Waals surface area contributed by atoms with Gasteiger partial charge in [0, 0.05) is 56.7 Å². The minimum atomic E-state index is -1.25. The summed E-state index contributed by atoms with van der Waals surface area (Å²) < 4.78 is 39.3. The first kappa shape index (κ1) is 52.6. The van der Waals surface area contributed by atoms with Gasteiger partial charge in [-0.05, 0) is 111 Å². The largest absolute Gasteiger partial charge is 0.381 e. The van der Waals surface area contributed by atoms with E-state index in [4.69, 9.17) is 36.1 Å². The SMILES string of the molecule is CCCn1c(NC(=O)c2cccc(C(N)=O)c2)nc2cc(/C=C/C(=O)NCCCOCCOCCOCCC(CCOCCCN)C(C)CC(C(N)=O)N3C(=O)c4cccc(F)c4C3=O)ccc21. The van der Waals surface area contributed by atoms with Crippen molar-refractivity contribution in [1.29, 1.82) is 0 Å². The second-order valence-electron chi connectivity index (χ2n) is 16.4. The molecule has 0 bridgehead atoms. The van der Waals surface area contributed by atoms with Crippen LogP contribution in [-0.4, -0.2) is 122 Å². The van der Waals surface area contributed by atoms with Gasteiger partial charge in [-0.25, -0.2) is 9.37 Å². The van der Waals surface area contributed by atoms with Gasteiger partial charge in [0.2, 0.25) is 23.7 Å². The zero-order chi connectivity index (χ0) is 49.0. The van der Waals surface area contributed by atoms with Crippen molar-refractivity contribution in [2.75, 3.05) is 71.3 Å². The predicted molar refractivity (Wildman–Crippen MR) is 253 cm³/mol. The Balaban J connectivity index is 0.965. The Labute approximate surface area is 395 Å². The Bertz CT molecular complexity index is 2410. The lowest BCUT2D eigenvalue weighted by Crippen LogP contribution is -2.49. The number of anilines is 1. The van der Waals surface area contributed by atoms with Crippen molar-refractivity contribution in [2.45, 2.75) is 65.0 Å². The van der Waals surface area contributed by atoms with Crippen molar-refractivity contribution in [1.82, 2.24) is 19.8 Å². The fraction of sp³-hybridized carbons (Fsp3) is 0.449. The molecule has 0 spiro atoms. The van der Waals surface area contributed by atoms with Crippen LogP contribution in [0.5, 0.6) is 0 Å². The Kier molecular flexibility index (Phi) is 20.7. The number of aryl methyl sites for hydroxylation is 1. The van der Waals surface area contributed by atoms with E-state index in [-0.39, 0.29) is 46.4 Å². The van der Waals surface area contributed by atoms with Crippen LogP contribution >= 0.6 is 0 Å². The van der Waals surface area contributed by atoms with Gasteiger partial charge in [-0.3, -0.25) is 39.0 Å². The summed E-state index contributed by atoms with van der Waals surface area (Å²) >= 11 is 0. The minimum absolute atomic E-state index is 0.0184. The zero-order valence-electron chi connectivity index (χ0n) is 38.7. The number of aromatic nitrogens is 2. The summed E-state index contributed by atoms with van der Waals surface area (Å²) in [6.45, 7) is 8.63. The van der Waals surface area contributed by atoms with Gasteiger partial charge in [-0.2, -0.15) is 0 Å². The van der Waals surface area contributed by atoms with Crippen molar-refractivity contribution < 1.29 is 52.1 Å². The first-order valence-corrected chi connectivity index (χ1v) is 23.0. The lowest BCUT2D eigenvalue weighted by Gasteiger charge is -2.30. The molecule has 8 N–H and O–H groups in total. The van der Waals surface area contributed by atoms with E-state index in [1.54, 1.807) is 24.3 Å². The average Bonchev–Trinajstić information content (AvgIpc) is 3.79. The fourth-order valence-electron chi connectivity index (χ4n) is 7.85. The molecule has 366 valence electrons. The van der Waals surface area contributed by atoms with Gasteiger partial charge in [0.1, 0.15) is 11.9 Å². The van der Waals surface area contributed by atoms with E-state index in [2.05, 4.69) is 15.6 Å². The van der Waals surface area contributed by atoms with E-state index < -0.39 is 41.4 Å². The monoisotopic (exact) mass is 942 g/mol. The number of hydrogen-bond donors (Lipinski definition) is 5. The van der Waals surface area contributed by atoms with Crippen molar-refractivity contribution in [3.63, 3.8) is 0 Å². The standard InChI is InChI=1S/C49H63FN8O10/c1-3-20-57-40-14-12-33(30-39(40)55-49(57)56-46(62)36-9-4-8-35(31-36)44(52)60)13-15-42(59)54-19-7-22-66-25-27-68-28-26-67-24-17-34(16-23-65-21-6-18-51)32(2)29-41(45(53)61)58-47(63)37-10-5-11-38(50)43(37)48(58)64/h4-5,8-15,30-32,34,41H,3,6-7,16-29,51H2,1-2H3,(H2,52,60)(H2,53,61)(H,54,59)(H,55,56,62)/b15-13+. The normalized spacial score (nSPS) is 13.8. The number of benzene rings is 3. The maximum Gasteiger partial charge on any atom is 0.265 e. The number of hydrogen-bond acceptors (Lipinski definition) is 12. The van der Waals surface area contributed by atoms with Gasteiger partial charge in [-0.1, -0.05) is 32.0 Å². The highest BCUT2D eigenvalue weighted by Gasteiger charge is 2.44. The minimum Gasteiger partial charge on any atom is -0.381 e. The molecular formula is C49H63FN8O10. The van der Waals surface area contributed by atoms with Crippen LogP contribution in [-0.2, 0) is 35.1 Å². The third-order valence-electron chi connectivity index (χ3n) is 11.5. The highest BCUT2D eigenvalue weighted by molar-refractivity contribution is 6.23. The average molecular weight is 943 g/mol. The molecule has 3 atom stereocenters. The third-order valence-corrected chi connectivity index (χ3v) is 11.5. The van der Waals surface area contributed by atoms with E-state index >= 15 is 0 Å². The molecule has 0 fully saturated rings. The molecule has 0 radical (unpaired) electrons. The summed E-state index contributed by atoms with van der Waals surface area (Å²) in [5.41, 5.74) is 19.0. The van der Waals surface area contributed by atoms with E-state index in [1.165, 1.54) is 24.3 Å². The van der Waals surface area contributed by atoms with Gasteiger partial charge in [0.25, 0.3) is 17.7 Å². The number of nitrogens with zero attached hydrogens (tertiary/aromatic N) is 3. The summed E-state index contributed by atoms with van der Waals surface area (Å²) in [5, 5.41) is 5.69. The Morgan fingerprint density at radius 2 is 1.49 bits per heavy atom. The fourth-order valence-corrected chi connectivity index (χ4v) is 7.85. The number of imidazole rings is 1. The molecule has 68 heavy (non-hydrogen) atoms. The highest BCUT2D eigenvalue weighted by Crippen LogP contribution is 2.32. The van der Waals surface area contributed by atoms with Crippen LogP contribution in [0.15, 0.2) is 66.7 Å². The lowest BCUT2D eigenvalue weighted by molar-refractivity contribution is -0.122. The maximum atomic E-state index is 14.5. The van der Waals surface area contributed by atoms with Crippen LogP contribution in [0.25, 0.3) is 17.1 Å². The third kappa shape index (κ3) is 14.8. The summed E-state index contributed by atoms with van der Waals surface area (Å²) in [6.07, 6.45) is 6.57. The van der Waals surface area contributed by atoms with Crippen molar-refractivity contribution in [3.05, 3.63) is 100 Å². The van der Waals surface area contributed by atoms with Gasteiger partial charge in [0.15, 0.2) is 0 Å². The van der Waals surface area contributed by atoms with Gasteiger partial charge < -0.3 is 46.0 Å². The van der Waals surface area contributed by atoms with Crippen LogP contribution < -0.4 is 27.8 Å². The number of fused-ring (bicyclic) bond motifs is 2. The highest BCUT2D eigenvalue weighted by atomic mass is 19.1. The molecule has 18 nitrogen and oxygen atoms in total. The van der Waals surface area contributed by atoms with E-state index in [0.29, 0.717) is 110 Å². The second-order valence-corrected chi connectivity index (χ2v) is 16.4. The first-order chi connectivity index (χ1) is 32.8. The van der Waals surface area contributed by atoms with Gasteiger partial charge >= 0.3 is 0 Å². The van der Waals surface area contributed by atoms with Crippen LogP contribution in [0.2, 0.25) is 0 Å². The molecule has 0 saturated heterocycles. The Hall–Kier alpha value is -6.38. The number of rotatable bonds is 31. The number of ether oxygens (including phenoxy) is 4. The molecule has 0 saturated carbocycles. The van der Waals surface area contributed by atoms with E-state index in [0.717, 1.165) is 28.5 Å². The van der Waals surface area contributed by atoms with Crippen molar-refractivity contribution in [3.8, 4) is 0 Å². The molecule has 5 rings (SSSR count). The van der Waals surface area contributed by atoms with E-state index in [9.17, 15) is 33.2 Å². The molecule has 19 heteroatoms. The van der Waals surface area contributed by atoms with Crippen LogP contribution in [0, 0.1) is 17.7 Å². The molecule has 1 aliphatic rings. The van der Waals surface area contributed by atoms with Crippen LogP contribution in [0.4, 0.5) is 10.3 Å². The molecule has 2 heterocycles. The topological polar surface area (TPSA) is 263 Å². The number of imide groups is 1.